The Balaban J connectivity index is 2.23. The molecule has 0 spiro atoms. The Bertz CT molecular complexity index is 544. The molecule has 6 heteroatoms. The van der Waals surface area contributed by atoms with Crippen LogP contribution in [0, 0.1) is 0 Å². The van der Waals surface area contributed by atoms with Gasteiger partial charge in [0.1, 0.15) is 5.82 Å². The molecular formula is C11H11BrN4O. The number of carbonyl (C=O) groups excluding carboxylic acids is 1. The van der Waals surface area contributed by atoms with E-state index >= 15 is 0 Å². The van der Waals surface area contributed by atoms with Crippen LogP contribution >= 0.6 is 15.9 Å². The van der Waals surface area contributed by atoms with Crippen LogP contribution < -0.4 is 11.1 Å². The number of nitrogens with two attached hydrogens (primary N) is 1. The van der Waals surface area contributed by atoms with Gasteiger partial charge in [-0.25, -0.2) is 0 Å². The molecule has 1 aromatic heterocycles. The molecule has 1 heterocycles. The van der Waals surface area contributed by atoms with Crippen LogP contribution in [0.15, 0.2) is 34.9 Å². The highest BCUT2D eigenvalue weighted by atomic mass is 79.9. The van der Waals surface area contributed by atoms with Crippen LogP contribution in [-0.2, 0) is 7.05 Å². The first-order valence-electron chi connectivity index (χ1n) is 4.91. The third-order valence-corrected chi connectivity index (χ3v) is 2.70. The van der Waals surface area contributed by atoms with Gasteiger partial charge >= 0.3 is 0 Å². The summed E-state index contributed by atoms with van der Waals surface area (Å²) in [6, 6.07) is 6.79. The van der Waals surface area contributed by atoms with E-state index in [9.17, 15) is 4.79 Å². The molecule has 0 aliphatic carbocycles. The maximum Gasteiger partial charge on any atom is 0.256 e. The maximum atomic E-state index is 11.9. The van der Waals surface area contributed by atoms with E-state index in [0.29, 0.717) is 17.1 Å². The van der Waals surface area contributed by atoms with Crippen molar-refractivity contribution in [3.05, 3.63) is 40.5 Å². The zero-order chi connectivity index (χ0) is 12.4. The van der Waals surface area contributed by atoms with E-state index in [4.69, 9.17) is 5.73 Å². The fourth-order valence-corrected chi connectivity index (χ4v) is 1.94. The number of rotatable bonds is 2. The van der Waals surface area contributed by atoms with Crippen molar-refractivity contribution in [2.24, 2.45) is 7.05 Å². The molecule has 17 heavy (non-hydrogen) atoms. The Hall–Kier alpha value is -1.82. The van der Waals surface area contributed by atoms with Gasteiger partial charge in [-0.05, 0) is 18.2 Å². The summed E-state index contributed by atoms with van der Waals surface area (Å²) in [5.41, 5.74) is 6.71. The van der Waals surface area contributed by atoms with Crippen LogP contribution in [0.4, 0.5) is 11.5 Å². The molecule has 0 aliphatic rings. The Kier molecular flexibility index (Phi) is 3.14. The number of nitrogens with one attached hydrogen (secondary N) is 1. The normalized spacial score (nSPS) is 10.2. The highest BCUT2D eigenvalue weighted by Crippen LogP contribution is 2.18. The summed E-state index contributed by atoms with van der Waals surface area (Å²) in [5.74, 6) is 0.412. The number of anilines is 2. The van der Waals surface area contributed by atoms with Gasteiger partial charge in [0.15, 0.2) is 0 Å². The summed E-state index contributed by atoms with van der Waals surface area (Å²) in [5, 5.41) is 6.71. The van der Waals surface area contributed by atoms with Crippen molar-refractivity contribution in [2.75, 3.05) is 11.1 Å². The molecule has 0 aliphatic heterocycles. The summed E-state index contributed by atoms with van der Waals surface area (Å²) in [4.78, 5) is 11.9. The zero-order valence-corrected chi connectivity index (χ0v) is 10.7. The van der Waals surface area contributed by atoms with Crippen LogP contribution in [0.1, 0.15) is 10.4 Å². The molecule has 0 unspecified atom stereocenters. The van der Waals surface area contributed by atoms with E-state index in [1.807, 2.05) is 0 Å². The third kappa shape index (κ3) is 2.65. The molecule has 0 saturated carbocycles. The van der Waals surface area contributed by atoms with Crippen molar-refractivity contribution in [3.8, 4) is 0 Å². The molecule has 88 valence electrons. The van der Waals surface area contributed by atoms with Crippen molar-refractivity contribution >= 4 is 33.3 Å². The van der Waals surface area contributed by atoms with Gasteiger partial charge in [0.2, 0.25) is 0 Å². The number of nitrogen functional groups attached to an aromatic ring is 1. The molecule has 0 radical (unpaired) electrons. The van der Waals surface area contributed by atoms with Gasteiger partial charge in [-0.3, -0.25) is 9.48 Å². The van der Waals surface area contributed by atoms with Gasteiger partial charge in [0.25, 0.3) is 5.91 Å². The van der Waals surface area contributed by atoms with Gasteiger partial charge in [-0.1, -0.05) is 15.9 Å². The smallest absolute Gasteiger partial charge is 0.256 e. The molecule has 0 atom stereocenters. The van der Waals surface area contributed by atoms with Crippen LogP contribution in [-0.4, -0.2) is 15.7 Å². The first-order valence-corrected chi connectivity index (χ1v) is 5.71. The van der Waals surface area contributed by atoms with Gasteiger partial charge in [-0.2, -0.15) is 5.10 Å². The Morgan fingerprint density at radius 3 is 2.82 bits per heavy atom. The van der Waals surface area contributed by atoms with Gasteiger partial charge < -0.3 is 11.1 Å². The summed E-state index contributed by atoms with van der Waals surface area (Å²) < 4.78 is 2.35. The first-order chi connectivity index (χ1) is 8.06. The predicted octanol–water partition coefficient (Wildman–Crippen LogP) is 2.02. The minimum absolute atomic E-state index is 0.221. The second kappa shape index (κ2) is 4.58. The number of hydrogen-bond donors (Lipinski definition) is 2. The van der Waals surface area contributed by atoms with Crippen molar-refractivity contribution < 1.29 is 4.79 Å². The van der Waals surface area contributed by atoms with Crippen molar-refractivity contribution in [2.45, 2.75) is 0 Å². The van der Waals surface area contributed by atoms with Gasteiger partial charge in [-0.15, -0.1) is 0 Å². The minimum Gasteiger partial charge on any atom is -0.399 e. The lowest BCUT2D eigenvalue weighted by atomic mass is 10.2. The van der Waals surface area contributed by atoms with E-state index in [0.717, 1.165) is 4.47 Å². The highest BCUT2D eigenvalue weighted by Gasteiger charge is 2.09. The minimum atomic E-state index is -0.221. The number of halogens is 1. The number of amides is 1. The summed E-state index contributed by atoms with van der Waals surface area (Å²) in [7, 11) is 1.75. The quantitative estimate of drug-likeness (QED) is 0.832. The summed E-state index contributed by atoms with van der Waals surface area (Å²) >= 11 is 3.30. The van der Waals surface area contributed by atoms with Crippen LogP contribution in [0.2, 0.25) is 0 Å². The Morgan fingerprint density at radius 2 is 2.24 bits per heavy atom. The molecule has 3 N–H and O–H groups in total. The zero-order valence-electron chi connectivity index (χ0n) is 9.14. The van der Waals surface area contributed by atoms with E-state index in [1.54, 1.807) is 42.2 Å². The van der Waals surface area contributed by atoms with E-state index in [1.165, 1.54) is 0 Å². The molecule has 1 amide bonds. The molecule has 5 nitrogen and oxygen atoms in total. The Morgan fingerprint density at radius 1 is 1.47 bits per heavy atom. The standard InChI is InChI=1S/C11H11BrN4O/c1-16-10(2-3-14-16)15-11(17)7-4-8(12)6-9(13)5-7/h2-6H,13H2,1H3,(H,15,17). The van der Waals surface area contributed by atoms with Crippen molar-refractivity contribution in [3.63, 3.8) is 0 Å². The van der Waals surface area contributed by atoms with Crippen molar-refractivity contribution in [1.29, 1.82) is 0 Å². The maximum absolute atomic E-state index is 11.9. The monoisotopic (exact) mass is 294 g/mol. The Labute approximate surface area is 107 Å². The van der Waals surface area contributed by atoms with E-state index < -0.39 is 0 Å². The molecule has 2 rings (SSSR count). The van der Waals surface area contributed by atoms with Crippen LogP contribution in [0.5, 0.6) is 0 Å². The topological polar surface area (TPSA) is 72.9 Å². The summed E-state index contributed by atoms with van der Waals surface area (Å²) in [6.07, 6.45) is 1.62. The predicted molar refractivity (Wildman–Crippen MR) is 69.7 cm³/mol. The third-order valence-electron chi connectivity index (χ3n) is 2.24. The number of aromatic nitrogens is 2. The van der Waals surface area contributed by atoms with E-state index in [-0.39, 0.29) is 5.91 Å². The molecule has 0 saturated heterocycles. The molecular weight excluding hydrogens is 284 g/mol. The van der Waals surface area contributed by atoms with Crippen molar-refractivity contribution in [1.82, 2.24) is 9.78 Å². The number of aryl methyl sites for hydroxylation is 1. The second-order valence-electron chi connectivity index (χ2n) is 3.57. The van der Waals surface area contributed by atoms with Crippen LogP contribution in [0.3, 0.4) is 0 Å². The number of benzene rings is 1. The van der Waals surface area contributed by atoms with E-state index in [2.05, 4.69) is 26.3 Å². The summed E-state index contributed by atoms with van der Waals surface area (Å²) in [6.45, 7) is 0. The second-order valence-corrected chi connectivity index (χ2v) is 4.48. The molecule has 2 aromatic rings. The fraction of sp³-hybridized carbons (Fsp3) is 0.0909. The molecule has 1 aromatic carbocycles. The lowest BCUT2D eigenvalue weighted by Crippen LogP contribution is -2.14. The average molecular weight is 295 g/mol. The lowest BCUT2D eigenvalue weighted by molar-refractivity contribution is 0.102. The van der Waals surface area contributed by atoms with Gasteiger partial charge in [0.05, 0.1) is 6.20 Å². The fourth-order valence-electron chi connectivity index (χ4n) is 1.43. The number of hydrogen-bond acceptors (Lipinski definition) is 3. The van der Waals surface area contributed by atoms with Gasteiger partial charge in [0, 0.05) is 28.8 Å². The highest BCUT2D eigenvalue weighted by molar-refractivity contribution is 9.10. The number of carbonyl (C=O) groups is 1. The van der Waals surface area contributed by atoms with Crippen LogP contribution in [0.25, 0.3) is 0 Å². The average Bonchev–Trinajstić information content (AvgIpc) is 2.63. The largest absolute Gasteiger partial charge is 0.399 e. The molecule has 0 bridgehead atoms. The number of nitrogens with zero attached hydrogens (tertiary/aromatic N) is 2. The lowest BCUT2D eigenvalue weighted by Gasteiger charge is -2.06. The first kappa shape index (κ1) is 11.7. The molecule has 0 fully saturated rings. The SMILES string of the molecule is Cn1nccc1NC(=O)c1cc(N)cc(Br)c1.